The summed E-state index contributed by atoms with van der Waals surface area (Å²) in [5, 5.41) is 22.1. The van der Waals surface area contributed by atoms with Crippen molar-refractivity contribution in [2.75, 3.05) is 25.0 Å². The number of aryl methyl sites for hydroxylation is 2. The van der Waals surface area contributed by atoms with Crippen LogP contribution in [0.5, 0.6) is 0 Å². The molecule has 2 heterocycles. The molecule has 0 aromatic carbocycles. The molecule has 0 radical (unpaired) electrons. The second-order valence-electron chi connectivity index (χ2n) is 5.36. The molecule has 1 aliphatic heterocycles. The number of nitrogens with zero attached hydrogens (tertiary/aromatic N) is 3. The second-order valence-corrected chi connectivity index (χ2v) is 5.36. The summed E-state index contributed by atoms with van der Waals surface area (Å²) in [6.07, 6.45) is 3.23. The van der Waals surface area contributed by atoms with E-state index in [1.54, 1.807) is 11.6 Å². The maximum Gasteiger partial charge on any atom is 0.333 e. The third-order valence-electron chi connectivity index (χ3n) is 3.67. The molecular weight excluding hydrogens is 258 g/mol. The first-order valence-electron chi connectivity index (χ1n) is 7.29. The van der Waals surface area contributed by atoms with Gasteiger partial charge in [0.15, 0.2) is 0 Å². The maximum absolute atomic E-state index is 11.2. The summed E-state index contributed by atoms with van der Waals surface area (Å²) in [6.45, 7) is 7.23. The van der Waals surface area contributed by atoms with Gasteiger partial charge in [0.1, 0.15) is 5.69 Å². The second kappa shape index (κ2) is 6.69. The quantitative estimate of drug-likeness (QED) is 0.614. The van der Waals surface area contributed by atoms with Crippen LogP contribution in [-0.2, 0) is 6.54 Å². The summed E-state index contributed by atoms with van der Waals surface area (Å²) < 4.78 is 1.73. The molecule has 1 aliphatic rings. The van der Waals surface area contributed by atoms with Crippen molar-refractivity contribution in [1.82, 2.24) is 15.1 Å². The first kappa shape index (κ1) is 14.8. The largest absolute Gasteiger partial charge is 0.364 e. The normalized spacial score (nSPS) is 19.0. The van der Waals surface area contributed by atoms with E-state index in [0.29, 0.717) is 24.0 Å². The Kier molecular flexibility index (Phi) is 4.94. The van der Waals surface area contributed by atoms with Crippen molar-refractivity contribution < 1.29 is 4.92 Å². The van der Waals surface area contributed by atoms with Gasteiger partial charge in [0, 0.05) is 13.1 Å². The first-order chi connectivity index (χ1) is 9.63. The zero-order chi connectivity index (χ0) is 14.5. The predicted octanol–water partition coefficient (Wildman–Crippen LogP) is 1.92. The number of rotatable bonds is 6. The van der Waals surface area contributed by atoms with Crippen LogP contribution >= 0.6 is 0 Å². The molecular formula is C13H23N5O2. The van der Waals surface area contributed by atoms with E-state index in [2.05, 4.69) is 15.7 Å². The van der Waals surface area contributed by atoms with E-state index >= 15 is 0 Å². The van der Waals surface area contributed by atoms with Crippen molar-refractivity contribution in [3.8, 4) is 0 Å². The lowest BCUT2D eigenvalue weighted by atomic mass is 10.00. The Labute approximate surface area is 118 Å². The molecule has 0 saturated carbocycles. The fraction of sp³-hybridized carbons (Fsp3) is 0.769. The molecule has 0 aliphatic carbocycles. The molecule has 0 spiro atoms. The van der Waals surface area contributed by atoms with Crippen LogP contribution in [0.4, 0.5) is 11.5 Å². The monoisotopic (exact) mass is 281 g/mol. The van der Waals surface area contributed by atoms with E-state index < -0.39 is 0 Å². The zero-order valence-electron chi connectivity index (χ0n) is 12.2. The van der Waals surface area contributed by atoms with Crippen LogP contribution in [0.25, 0.3) is 0 Å². The SMILES string of the molecule is CCCn1nc(C)c([N+](=O)[O-])c1NCC1CCCNC1. The van der Waals surface area contributed by atoms with Crippen molar-refractivity contribution in [3.63, 3.8) is 0 Å². The van der Waals surface area contributed by atoms with E-state index in [1.807, 2.05) is 6.92 Å². The molecule has 1 fully saturated rings. The maximum atomic E-state index is 11.2. The fourth-order valence-electron chi connectivity index (χ4n) is 2.68. The Morgan fingerprint density at radius 2 is 2.40 bits per heavy atom. The minimum Gasteiger partial charge on any atom is -0.364 e. The molecule has 7 heteroatoms. The highest BCUT2D eigenvalue weighted by Gasteiger charge is 2.25. The van der Waals surface area contributed by atoms with Gasteiger partial charge in [-0.15, -0.1) is 0 Å². The van der Waals surface area contributed by atoms with Gasteiger partial charge in [-0.25, -0.2) is 4.68 Å². The molecule has 1 aromatic rings. The first-order valence-corrected chi connectivity index (χ1v) is 7.29. The van der Waals surface area contributed by atoms with Crippen LogP contribution < -0.4 is 10.6 Å². The molecule has 20 heavy (non-hydrogen) atoms. The predicted molar refractivity (Wildman–Crippen MR) is 78.0 cm³/mol. The highest BCUT2D eigenvalue weighted by Crippen LogP contribution is 2.28. The van der Waals surface area contributed by atoms with Crippen LogP contribution in [0.15, 0.2) is 0 Å². The summed E-state index contributed by atoms with van der Waals surface area (Å²) >= 11 is 0. The Hall–Kier alpha value is -1.63. The Bertz CT molecular complexity index is 466. The minimum atomic E-state index is -0.337. The molecule has 0 bridgehead atoms. The van der Waals surface area contributed by atoms with Crippen LogP contribution in [0.3, 0.4) is 0 Å². The smallest absolute Gasteiger partial charge is 0.333 e. The number of hydrogen-bond donors (Lipinski definition) is 2. The minimum absolute atomic E-state index is 0.113. The van der Waals surface area contributed by atoms with Gasteiger partial charge in [-0.05, 0) is 45.2 Å². The fourth-order valence-corrected chi connectivity index (χ4v) is 2.68. The molecule has 1 saturated heterocycles. The Morgan fingerprint density at radius 1 is 1.60 bits per heavy atom. The van der Waals surface area contributed by atoms with Crippen molar-refractivity contribution in [2.24, 2.45) is 5.92 Å². The average Bonchev–Trinajstić information content (AvgIpc) is 2.74. The van der Waals surface area contributed by atoms with Crippen molar-refractivity contribution in [1.29, 1.82) is 0 Å². The lowest BCUT2D eigenvalue weighted by Gasteiger charge is -2.23. The van der Waals surface area contributed by atoms with Gasteiger partial charge in [0.25, 0.3) is 0 Å². The molecule has 2 rings (SSSR count). The van der Waals surface area contributed by atoms with Crippen molar-refractivity contribution >= 4 is 11.5 Å². The summed E-state index contributed by atoms with van der Waals surface area (Å²) in [4.78, 5) is 10.9. The number of aromatic nitrogens is 2. The lowest BCUT2D eigenvalue weighted by molar-refractivity contribution is -0.384. The summed E-state index contributed by atoms with van der Waals surface area (Å²) in [5.74, 6) is 1.08. The third kappa shape index (κ3) is 3.27. The van der Waals surface area contributed by atoms with Crippen LogP contribution in [-0.4, -0.2) is 34.3 Å². The standard InChI is InChI=1S/C13H23N5O2/c1-3-7-17-13(12(18(19)20)10(2)16-17)15-9-11-5-4-6-14-8-11/h11,14-15H,3-9H2,1-2H3. The number of nitrogens with one attached hydrogen (secondary N) is 2. The van der Waals surface area contributed by atoms with E-state index in [1.165, 1.54) is 6.42 Å². The van der Waals surface area contributed by atoms with Gasteiger partial charge >= 0.3 is 5.69 Å². The van der Waals surface area contributed by atoms with Gasteiger partial charge in [0.2, 0.25) is 5.82 Å². The molecule has 1 unspecified atom stereocenters. The topological polar surface area (TPSA) is 85.0 Å². The number of hydrogen-bond acceptors (Lipinski definition) is 5. The van der Waals surface area contributed by atoms with Crippen molar-refractivity contribution in [2.45, 2.75) is 39.7 Å². The van der Waals surface area contributed by atoms with Gasteiger partial charge in [-0.3, -0.25) is 10.1 Å². The average molecular weight is 281 g/mol. The molecule has 0 amide bonds. The van der Waals surface area contributed by atoms with Crippen LogP contribution in [0, 0.1) is 23.0 Å². The highest BCUT2D eigenvalue weighted by atomic mass is 16.6. The molecule has 1 atom stereocenters. The van der Waals surface area contributed by atoms with E-state index in [0.717, 1.165) is 32.5 Å². The molecule has 1 aromatic heterocycles. The third-order valence-corrected chi connectivity index (χ3v) is 3.67. The van der Waals surface area contributed by atoms with E-state index in [4.69, 9.17) is 0 Å². The number of nitro groups is 1. The molecule has 2 N–H and O–H groups in total. The van der Waals surface area contributed by atoms with E-state index in [9.17, 15) is 10.1 Å². The van der Waals surface area contributed by atoms with E-state index in [-0.39, 0.29) is 10.6 Å². The zero-order valence-corrected chi connectivity index (χ0v) is 12.2. The van der Waals surface area contributed by atoms with Crippen LogP contribution in [0.2, 0.25) is 0 Å². The van der Waals surface area contributed by atoms with Gasteiger partial charge in [-0.2, -0.15) is 5.10 Å². The lowest BCUT2D eigenvalue weighted by Crippen LogP contribution is -2.33. The summed E-state index contributed by atoms with van der Waals surface area (Å²) in [7, 11) is 0. The number of anilines is 1. The Morgan fingerprint density at radius 3 is 3.00 bits per heavy atom. The summed E-state index contributed by atoms with van der Waals surface area (Å²) in [5.41, 5.74) is 0.593. The Balaban J connectivity index is 2.12. The molecule has 7 nitrogen and oxygen atoms in total. The van der Waals surface area contributed by atoms with Gasteiger partial charge < -0.3 is 10.6 Å². The van der Waals surface area contributed by atoms with Crippen LogP contribution in [0.1, 0.15) is 31.9 Å². The van der Waals surface area contributed by atoms with Gasteiger partial charge in [0.05, 0.1) is 4.92 Å². The number of piperidine rings is 1. The molecule has 112 valence electrons. The highest BCUT2D eigenvalue weighted by molar-refractivity contribution is 5.59. The summed E-state index contributed by atoms with van der Waals surface area (Å²) in [6, 6.07) is 0. The van der Waals surface area contributed by atoms with Crippen molar-refractivity contribution in [3.05, 3.63) is 15.8 Å². The van der Waals surface area contributed by atoms with Gasteiger partial charge in [-0.1, -0.05) is 6.92 Å².